The van der Waals surface area contributed by atoms with Crippen LogP contribution in [-0.2, 0) is 12.3 Å². The van der Waals surface area contributed by atoms with Crippen molar-refractivity contribution in [3.8, 4) is 5.75 Å². The van der Waals surface area contributed by atoms with E-state index >= 15 is 0 Å². The normalized spacial score (nSPS) is 10.7. The summed E-state index contributed by atoms with van der Waals surface area (Å²) >= 11 is 1.62. The van der Waals surface area contributed by atoms with E-state index in [2.05, 4.69) is 22.4 Å². The Kier molecular flexibility index (Phi) is 4.58. The molecule has 0 aliphatic carbocycles. The van der Waals surface area contributed by atoms with E-state index in [9.17, 15) is 5.11 Å². The van der Waals surface area contributed by atoms with Crippen LogP contribution in [0.5, 0.6) is 5.75 Å². The number of aryl methyl sites for hydroxylation is 1. The van der Waals surface area contributed by atoms with Gasteiger partial charge in [0.05, 0.1) is 5.75 Å². The summed E-state index contributed by atoms with van der Waals surface area (Å²) in [7, 11) is 0. The van der Waals surface area contributed by atoms with Gasteiger partial charge in [-0.05, 0) is 35.0 Å². The minimum absolute atomic E-state index is 0.283. The molecule has 96 valence electrons. The Morgan fingerprint density at radius 1 is 1.39 bits per heavy atom. The maximum atomic E-state index is 9.38. The smallest absolute Gasteiger partial charge is 0.161 e. The molecule has 2 aromatic rings. The lowest BCUT2D eigenvalue weighted by Gasteiger charge is -2.04. The highest BCUT2D eigenvalue weighted by atomic mass is 32.2. The lowest BCUT2D eigenvalue weighted by molar-refractivity contribution is 0.474. The lowest BCUT2D eigenvalue weighted by atomic mass is 10.3. The summed E-state index contributed by atoms with van der Waals surface area (Å²) < 4.78 is 1.85. The van der Waals surface area contributed by atoms with Crippen LogP contribution in [0, 0.1) is 0 Å². The molecule has 1 aromatic heterocycles. The second-order valence-corrected chi connectivity index (χ2v) is 5.01. The van der Waals surface area contributed by atoms with Gasteiger partial charge in [0.1, 0.15) is 5.75 Å². The van der Waals surface area contributed by atoms with Crippen molar-refractivity contribution in [3.05, 3.63) is 30.1 Å². The molecule has 6 heteroatoms. The van der Waals surface area contributed by atoms with Gasteiger partial charge < -0.3 is 5.11 Å². The predicted octanol–water partition coefficient (Wildman–Crippen LogP) is 2.47. The van der Waals surface area contributed by atoms with Gasteiger partial charge in [0, 0.05) is 11.4 Å². The minimum atomic E-state index is 0.283. The van der Waals surface area contributed by atoms with Crippen molar-refractivity contribution in [3.63, 3.8) is 0 Å². The second kappa shape index (κ2) is 6.39. The number of aromatic nitrogens is 4. The molecule has 0 unspecified atom stereocenters. The first kappa shape index (κ1) is 12.9. The van der Waals surface area contributed by atoms with Gasteiger partial charge in [0.2, 0.25) is 0 Å². The van der Waals surface area contributed by atoms with Gasteiger partial charge in [-0.3, -0.25) is 0 Å². The molecule has 0 atom stereocenters. The van der Waals surface area contributed by atoms with E-state index in [0.29, 0.717) is 5.75 Å². The number of phenols is 1. The Balaban J connectivity index is 1.95. The molecule has 0 aliphatic rings. The van der Waals surface area contributed by atoms with Crippen LogP contribution < -0.4 is 0 Å². The van der Waals surface area contributed by atoms with E-state index in [0.717, 1.165) is 30.1 Å². The minimum Gasteiger partial charge on any atom is -0.508 e. The van der Waals surface area contributed by atoms with Crippen LogP contribution in [-0.4, -0.2) is 25.3 Å². The quantitative estimate of drug-likeness (QED) is 0.812. The predicted molar refractivity (Wildman–Crippen MR) is 70.4 cm³/mol. The highest BCUT2D eigenvalue weighted by molar-refractivity contribution is 7.98. The number of phenolic OH excluding ortho intramolecular Hbond substituents is 1. The SMILES string of the molecule is CCCCn1nnnc1CSc1cccc(O)c1. The van der Waals surface area contributed by atoms with Gasteiger partial charge in [-0.2, -0.15) is 0 Å². The Hall–Kier alpha value is -1.56. The Labute approximate surface area is 110 Å². The highest BCUT2D eigenvalue weighted by Gasteiger charge is 2.06. The molecule has 0 aliphatic heterocycles. The summed E-state index contributed by atoms with van der Waals surface area (Å²) in [6.45, 7) is 3.00. The van der Waals surface area contributed by atoms with Crippen molar-refractivity contribution < 1.29 is 5.11 Å². The summed E-state index contributed by atoms with van der Waals surface area (Å²) in [4.78, 5) is 1.01. The van der Waals surface area contributed by atoms with Crippen LogP contribution >= 0.6 is 11.8 Å². The molecular weight excluding hydrogens is 248 g/mol. The number of thioether (sulfide) groups is 1. The van der Waals surface area contributed by atoms with Crippen molar-refractivity contribution in [2.45, 2.75) is 37.0 Å². The first-order valence-corrected chi connectivity index (χ1v) is 6.95. The third-order valence-electron chi connectivity index (χ3n) is 2.52. The standard InChI is InChI=1S/C12H16N4OS/c1-2-3-7-16-12(13-14-15-16)9-18-11-6-4-5-10(17)8-11/h4-6,8,17H,2-3,7,9H2,1H3. The molecule has 2 rings (SSSR count). The number of rotatable bonds is 6. The molecule has 18 heavy (non-hydrogen) atoms. The summed E-state index contributed by atoms with van der Waals surface area (Å²) in [6.07, 6.45) is 2.20. The Morgan fingerprint density at radius 2 is 2.28 bits per heavy atom. The molecule has 5 nitrogen and oxygen atoms in total. The van der Waals surface area contributed by atoms with E-state index in [4.69, 9.17) is 0 Å². The summed E-state index contributed by atoms with van der Waals surface area (Å²) in [5.74, 6) is 1.86. The fourth-order valence-corrected chi connectivity index (χ4v) is 2.41. The summed E-state index contributed by atoms with van der Waals surface area (Å²) in [5.41, 5.74) is 0. The second-order valence-electron chi connectivity index (χ2n) is 3.96. The van der Waals surface area contributed by atoms with E-state index in [1.807, 2.05) is 16.8 Å². The van der Waals surface area contributed by atoms with E-state index < -0.39 is 0 Å². The molecule has 0 saturated heterocycles. The van der Waals surface area contributed by atoms with Crippen molar-refractivity contribution in [1.29, 1.82) is 0 Å². The zero-order chi connectivity index (χ0) is 12.8. The molecule has 0 amide bonds. The summed E-state index contributed by atoms with van der Waals surface area (Å²) in [6, 6.07) is 7.20. The fourth-order valence-electron chi connectivity index (χ4n) is 1.53. The molecule has 1 aromatic carbocycles. The number of aromatic hydroxyl groups is 1. The largest absolute Gasteiger partial charge is 0.508 e. The first-order valence-electron chi connectivity index (χ1n) is 5.96. The Bertz CT molecular complexity index is 500. The van der Waals surface area contributed by atoms with Gasteiger partial charge >= 0.3 is 0 Å². The maximum absolute atomic E-state index is 9.38. The van der Waals surface area contributed by atoms with Gasteiger partial charge in [-0.15, -0.1) is 16.9 Å². The lowest BCUT2D eigenvalue weighted by Crippen LogP contribution is -2.04. The van der Waals surface area contributed by atoms with Crippen LogP contribution in [0.3, 0.4) is 0 Å². The van der Waals surface area contributed by atoms with E-state index in [1.165, 1.54) is 0 Å². The first-order chi connectivity index (χ1) is 8.79. The molecule has 1 N–H and O–H groups in total. The number of benzene rings is 1. The molecular formula is C12H16N4OS. The average Bonchev–Trinajstić information content (AvgIpc) is 2.81. The van der Waals surface area contributed by atoms with Crippen molar-refractivity contribution in [1.82, 2.24) is 20.2 Å². The van der Waals surface area contributed by atoms with Crippen molar-refractivity contribution >= 4 is 11.8 Å². The van der Waals surface area contributed by atoms with Crippen LogP contribution in [0.2, 0.25) is 0 Å². The highest BCUT2D eigenvalue weighted by Crippen LogP contribution is 2.24. The van der Waals surface area contributed by atoms with Crippen LogP contribution in [0.1, 0.15) is 25.6 Å². The molecule has 0 radical (unpaired) electrons. The molecule has 0 fully saturated rings. The summed E-state index contributed by atoms with van der Waals surface area (Å²) in [5, 5.41) is 21.1. The number of hydrogen-bond acceptors (Lipinski definition) is 5. The molecule has 0 spiro atoms. The average molecular weight is 264 g/mol. The van der Waals surface area contributed by atoms with Crippen molar-refractivity contribution in [2.24, 2.45) is 0 Å². The zero-order valence-electron chi connectivity index (χ0n) is 10.3. The van der Waals surface area contributed by atoms with Gasteiger partial charge in [0.15, 0.2) is 5.82 Å². The van der Waals surface area contributed by atoms with Crippen LogP contribution in [0.15, 0.2) is 29.2 Å². The van der Waals surface area contributed by atoms with Gasteiger partial charge in [-0.1, -0.05) is 19.4 Å². The third kappa shape index (κ3) is 3.46. The zero-order valence-corrected chi connectivity index (χ0v) is 11.1. The maximum Gasteiger partial charge on any atom is 0.161 e. The van der Waals surface area contributed by atoms with Crippen LogP contribution in [0.25, 0.3) is 0 Å². The van der Waals surface area contributed by atoms with Crippen molar-refractivity contribution in [2.75, 3.05) is 0 Å². The topological polar surface area (TPSA) is 63.8 Å². The van der Waals surface area contributed by atoms with Gasteiger partial charge in [0.25, 0.3) is 0 Å². The van der Waals surface area contributed by atoms with Crippen LogP contribution in [0.4, 0.5) is 0 Å². The third-order valence-corrected chi connectivity index (χ3v) is 3.50. The van der Waals surface area contributed by atoms with E-state index in [-0.39, 0.29) is 5.75 Å². The van der Waals surface area contributed by atoms with E-state index in [1.54, 1.807) is 23.9 Å². The number of unbranched alkanes of at least 4 members (excludes halogenated alkanes) is 1. The fraction of sp³-hybridized carbons (Fsp3) is 0.417. The molecule has 1 heterocycles. The number of hydrogen-bond donors (Lipinski definition) is 1. The Morgan fingerprint density at radius 3 is 3.06 bits per heavy atom. The molecule has 0 saturated carbocycles. The monoisotopic (exact) mass is 264 g/mol. The van der Waals surface area contributed by atoms with Gasteiger partial charge in [-0.25, -0.2) is 4.68 Å². The number of nitrogens with zero attached hydrogens (tertiary/aromatic N) is 4. The number of tetrazole rings is 1. The molecule has 0 bridgehead atoms.